The van der Waals surface area contributed by atoms with Crippen LogP contribution in [0.15, 0.2) is 0 Å². The molecule has 0 rings (SSSR count). The zero-order valence-electron chi connectivity index (χ0n) is 22.0. The molecule has 0 heterocycles. The maximum Gasteiger partial charge on any atom is 1.00 e. The molecular formula is C24H50Li2O5S. The Labute approximate surface area is 224 Å². The van der Waals surface area contributed by atoms with Gasteiger partial charge in [0.25, 0.3) is 0 Å². The van der Waals surface area contributed by atoms with Crippen LogP contribution in [0.5, 0.6) is 0 Å². The van der Waals surface area contributed by atoms with Crippen LogP contribution in [-0.4, -0.2) is 30.7 Å². The molecule has 0 N–H and O–H groups in total. The van der Waals surface area contributed by atoms with Gasteiger partial charge in [0.15, 0.2) is 0 Å². The second-order valence-electron chi connectivity index (χ2n) is 8.38. The van der Waals surface area contributed by atoms with Gasteiger partial charge in [-0.2, -0.15) is 0 Å². The second kappa shape index (κ2) is 34.2. The van der Waals surface area contributed by atoms with E-state index in [0.717, 1.165) is 13.2 Å². The normalized spacial score (nSPS) is 10.6. The van der Waals surface area contributed by atoms with Crippen LogP contribution < -0.4 is 37.7 Å². The van der Waals surface area contributed by atoms with Gasteiger partial charge in [-0.1, -0.05) is 129 Å². The quantitative estimate of drug-likeness (QED) is 0.105. The standard InChI is InChI=1S/C24H50O.2Li.H2O4S/c1-3-5-7-9-11-13-15-17-19-21-23-25-24-22-20-18-16-14-12-10-8-6-4-2;;;1-5(2,3)4/h3-24H2,1-2H3;;;(H2,1,2,3,4)/q;2*+1;/p-2. The summed E-state index contributed by atoms with van der Waals surface area (Å²) >= 11 is 0. The molecule has 0 aromatic carbocycles. The molecule has 5 nitrogen and oxygen atoms in total. The molecule has 0 unspecified atom stereocenters. The number of hydrogen-bond donors (Lipinski definition) is 0. The van der Waals surface area contributed by atoms with Crippen LogP contribution in [0.1, 0.15) is 142 Å². The van der Waals surface area contributed by atoms with E-state index in [9.17, 15) is 0 Å². The summed E-state index contributed by atoms with van der Waals surface area (Å²) in [5.74, 6) is 0. The summed E-state index contributed by atoms with van der Waals surface area (Å²) in [6.07, 6.45) is 28.2. The molecule has 0 aliphatic rings. The first-order chi connectivity index (χ1) is 14.4. The van der Waals surface area contributed by atoms with Gasteiger partial charge < -0.3 is 13.8 Å². The zero-order valence-corrected chi connectivity index (χ0v) is 22.8. The van der Waals surface area contributed by atoms with E-state index in [0.29, 0.717) is 0 Å². The Balaban J connectivity index is -0.000000501. The predicted molar refractivity (Wildman–Crippen MR) is 125 cm³/mol. The van der Waals surface area contributed by atoms with Crippen molar-refractivity contribution in [3.05, 3.63) is 0 Å². The average molecular weight is 465 g/mol. The van der Waals surface area contributed by atoms with Crippen molar-refractivity contribution in [3.8, 4) is 0 Å². The Morgan fingerprint density at radius 3 is 0.875 bits per heavy atom. The number of ether oxygens (including phenoxy) is 1. The predicted octanol–water partition coefficient (Wildman–Crippen LogP) is 1.51. The molecular weight excluding hydrogens is 414 g/mol. The molecule has 0 aliphatic heterocycles. The van der Waals surface area contributed by atoms with Crippen LogP contribution in [0.25, 0.3) is 0 Å². The van der Waals surface area contributed by atoms with Crippen LogP contribution in [0.3, 0.4) is 0 Å². The number of hydrogen-bond acceptors (Lipinski definition) is 5. The smallest absolute Gasteiger partial charge is 0.759 e. The largest absolute Gasteiger partial charge is 1.00 e. The van der Waals surface area contributed by atoms with E-state index in [1.807, 2.05) is 0 Å². The Bertz CT molecular complexity index is 379. The molecule has 0 bridgehead atoms. The Morgan fingerprint density at radius 2 is 0.656 bits per heavy atom. The summed E-state index contributed by atoms with van der Waals surface area (Å²) < 4.78 is 39.9. The van der Waals surface area contributed by atoms with Crippen molar-refractivity contribution in [2.24, 2.45) is 0 Å². The van der Waals surface area contributed by atoms with Gasteiger partial charge >= 0.3 is 37.7 Å². The van der Waals surface area contributed by atoms with E-state index in [4.69, 9.17) is 22.3 Å². The van der Waals surface area contributed by atoms with Crippen LogP contribution in [0.2, 0.25) is 0 Å². The molecule has 0 fully saturated rings. The molecule has 0 saturated carbocycles. The van der Waals surface area contributed by atoms with Crippen LogP contribution in [-0.2, 0) is 15.1 Å². The first-order valence-corrected chi connectivity index (χ1v) is 14.0. The van der Waals surface area contributed by atoms with E-state index < -0.39 is 10.4 Å². The van der Waals surface area contributed by atoms with Gasteiger partial charge in [-0.15, -0.1) is 0 Å². The first kappa shape index (κ1) is 40.2. The van der Waals surface area contributed by atoms with Gasteiger partial charge in [0, 0.05) is 23.6 Å². The fourth-order valence-corrected chi connectivity index (χ4v) is 3.49. The van der Waals surface area contributed by atoms with E-state index >= 15 is 0 Å². The second-order valence-corrected chi connectivity index (χ2v) is 9.20. The molecule has 0 aromatic rings. The molecule has 32 heavy (non-hydrogen) atoms. The molecule has 0 saturated heterocycles. The first-order valence-electron chi connectivity index (χ1n) is 12.7. The Morgan fingerprint density at radius 1 is 0.469 bits per heavy atom. The minimum absolute atomic E-state index is 0. The van der Waals surface area contributed by atoms with Crippen molar-refractivity contribution >= 4 is 10.4 Å². The van der Waals surface area contributed by atoms with Crippen molar-refractivity contribution in [1.82, 2.24) is 0 Å². The van der Waals surface area contributed by atoms with E-state index in [-0.39, 0.29) is 37.7 Å². The SMILES string of the molecule is CCCCCCCCCCCCOCCCCCCCCCCCC.O=S(=O)([O-])[O-].[Li+].[Li+]. The van der Waals surface area contributed by atoms with Crippen LogP contribution in [0.4, 0.5) is 0 Å². The Kier molecular flexibility index (Phi) is 43.0. The van der Waals surface area contributed by atoms with E-state index in [1.54, 1.807) is 0 Å². The Hall–Kier alpha value is 1.02. The van der Waals surface area contributed by atoms with Crippen LogP contribution in [0, 0.1) is 0 Å². The molecule has 184 valence electrons. The third kappa shape index (κ3) is 52.8. The molecule has 8 heteroatoms. The van der Waals surface area contributed by atoms with Gasteiger partial charge in [0.1, 0.15) is 0 Å². The zero-order chi connectivity index (χ0) is 22.8. The van der Waals surface area contributed by atoms with Crippen molar-refractivity contribution < 1.29 is 60.0 Å². The molecule has 0 atom stereocenters. The van der Waals surface area contributed by atoms with Gasteiger partial charge in [-0.25, -0.2) is 0 Å². The van der Waals surface area contributed by atoms with Gasteiger partial charge in [-0.05, 0) is 12.8 Å². The molecule has 0 amide bonds. The molecule has 0 aliphatic carbocycles. The monoisotopic (exact) mass is 464 g/mol. The summed E-state index contributed by atoms with van der Waals surface area (Å²) in [6.45, 7) is 6.57. The van der Waals surface area contributed by atoms with Gasteiger partial charge in [0.2, 0.25) is 0 Å². The fourth-order valence-electron chi connectivity index (χ4n) is 3.49. The third-order valence-corrected chi connectivity index (χ3v) is 5.28. The number of unbranched alkanes of at least 4 members (excludes halogenated alkanes) is 18. The van der Waals surface area contributed by atoms with Gasteiger partial charge in [0.05, 0.1) is 0 Å². The summed E-state index contributed by atoms with van der Waals surface area (Å²) in [6, 6.07) is 0. The third-order valence-electron chi connectivity index (χ3n) is 5.28. The topological polar surface area (TPSA) is 89.5 Å². The van der Waals surface area contributed by atoms with Crippen molar-refractivity contribution in [3.63, 3.8) is 0 Å². The van der Waals surface area contributed by atoms with E-state index in [1.165, 1.54) is 128 Å². The van der Waals surface area contributed by atoms with E-state index in [2.05, 4.69) is 13.8 Å². The maximum absolute atomic E-state index is 8.52. The van der Waals surface area contributed by atoms with Crippen LogP contribution >= 0.6 is 0 Å². The minimum Gasteiger partial charge on any atom is -0.759 e. The number of rotatable bonds is 22. The van der Waals surface area contributed by atoms with Crippen molar-refractivity contribution in [1.29, 1.82) is 0 Å². The molecule has 0 radical (unpaired) electrons. The minimum atomic E-state index is -5.17. The molecule has 0 aromatic heterocycles. The fraction of sp³-hybridized carbons (Fsp3) is 1.00. The summed E-state index contributed by atoms with van der Waals surface area (Å²) in [5.41, 5.74) is 0. The summed E-state index contributed by atoms with van der Waals surface area (Å²) in [5, 5.41) is 0. The summed E-state index contributed by atoms with van der Waals surface area (Å²) in [4.78, 5) is 0. The summed E-state index contributed by atoms with van der Waals surface area (Å²) in [7, 11) is -5.17. The van der Waals surface area contributed by atoms with Crippen molar-refractivity contribution in [2.45, 2.75) is 142 Å². The van der Waals surface area contributed by atoms with Gasteiger partial charge in [-0.3, -0.25) is 8.42 Å². The maximum atomic E-state index is 8.52. The van der Waals surface area contributed by atoms with Crippen molar-refractivity contribution in [2.75, 3.05) is 13.2 Å². The average Bonchev–Trinajstić information content (AvgIpc) is 2.68. The molecule has 0 spiro atoms.